The number of thiophene rings is 1. The third kappa shape index (κ3) is 2.22. The minimum Gasteiger partial charge on any atom is -0.398 e. The lowest BCUT2D eigenvalue weighted by molar-refractivity contribution is 0.224. The van der Waals surface area contributed by atoms with Crippen LogP contribution in [-0.4, -0.2) is 10.1 Å². The second-order valence-electron chi connectivity index (χ2n) is 3.18. The molecule has 2 heterocycles. The van der Waals surface area contributed by atoms with Crippen molar-refractivity contribution in [1.29, 1.82) is 0 Å². The standard InChI is InChI=1S/C10H8BrClN2OS/c11-6-3-8(16-10(6)12)9(15)5-4-14-2-1-7(5)13/h1-4,9,15H,(H2,13,14). The fourth-order valence-electron chi connectivity index (χ4n) is 1.30. The van der Waals surface area contributed by atoms with Crippen LogP contribution in [0.15, 0.2) is 29.0 Å². The molecule has 0 bridgehead atoms. The average Bonchev–Trinajstić information content (AvgIpc) is 2.59. The molecular formula is C10H8BrClN2OS. The summed E-state index contributed by atoms with van der Waals surface area (Å²) in [6, 6.07) is 3.44. The van der Waals surface area contributed by atoms with E-state index < -0.39 is 6.10 Å². The molecule has 0 saturated heterocycles. The highest BCUT2D eigenvalue weighted by Gasteiger charge is 2.17. The maximum Gasteiger partial charge on any atom is 0.117 e. The number of nitrogens with zero attached hydrogens (tertiary/aromatic N) is 1. The third-order valence-electron chi connectivity index (χ3n) is 2.12. The molecule has 0 aliphatic rings. The monoisotopic (exact) mass is 318 g/mol. The largest absolute Gasteiger partial charge is 0.398 e. The fraction of sp³-hybridized carbons (Fsp3) is 0.100. The summed E-state index contributed by atoms with van der Waals surface area (Å²) in [6.45, 7) is 0. The quantitative estimate of drug-likeness (QED) is 0.893. The van der Waals surface area contributed by atoms with Crippen molar-refractivity contribution in [2.75, 3.05) is 5.73 Å². The Balaban J connectivity index is 2.39. The van der Waals surface area contributed by atoms with E-state index in [1.165, 1.54) is 11.3 Å². The van der Waals surface area contributed by atoms with Gasteiger partial charge in [-0.3, -0.25) is 4.98 Å². The Morgan fingerprint density at radius 1 is 1.56 bits per heavy atom. The first kappa shape index (κ1) is 11.9. The summed E-state index contributed by atoms with van der Waals surface area (Å²) < 4.78 is 1.38. The Morgan fingerprint density at radius 2 is 2.31 bits per heavy atom. The van der Waals surface area contributed by atoms with Crippen LogP contribution in [0.3, 0.4) is 0 Å². The van der Waals surface area contributed by atoms with Gasteiger partial charge in [0.25, 0.3) is 0 Å². The minimum absolute atomic E-state index is 0.517. The Morgan fingerprint density at radius 3 is 2.88 bits per heavy atom. The molecule has 0 saturated carbocycles. The lowest BCUT2D eigenvalue weighted by Gasteiger charge is -2.10. The Hall–Kier alpha value is -0.620. The van der Waals surface area contributed by atoms with Gasteiger partial charge in [0.2, 0.25) is 0 Å². The van der Waals surface area contributed by atoms with Gasteiger partial charge in [0, 0.05) is 33.0 Å². The number of aliphatic hydroxyl groups is 1. The van der Waals surface area contributed by atoms with Gasteiger partial charge in [-0.2, -0.15) is 0 Å². The van der Waals surface area contributed by atoms with E-state index in [2.05, 4.69) is 20.9 Å². The molecule has 3 nitrogen and oxygen atoms in total. The lowest BCUT2D eigenvalue weighted by atomic mass is 10.1. The predicted octanol–water partition coefficient (Wildman–Crippen LogP) is 3.22. The van der Waals surface area contributed by atoms with Crippen molar-refractivity contribution in [1.82, 2.24) is 4.98 Å². The second-order valence-corrected chi connectivity index (χ2v) is 5.72. The zero-order valence-corrected chi connectivity index (χ0v) is 11.2. The van der Waals surface area contributed by atoms with Crippen molar-refractivity contribution < 1.29 is 5.11 Å². The van der Waals surface area contributed by atoms with Gasteiger partial charge >= 0.3 is 0 Å². The summed E-state index contributed by atoms with van der Waals surface area (Å²) in [4.78, 5) is 4.67. The van der Waals surface area contributed by atoms with Crippen LogP contribution >= 0.6 is 38.9 Å². The van der Waals surface area contributed by atoms with Gasteiger partial charge in [-0.25, -0.2) is 0 Å². The fourth-order valence-corrected chi connectivity index (χ4v) is 3.04. The highest BCUT2D eigenvalue weighted by Crippen LogP contribution is 2.38. The normalized spacial score (nSPS) is 12.7. The first-order chi connectivity index (χ1) is 7.59. The van der Waals surface area contributed by atoms with E-state index in [4.69, 9.17) is 17.3 Å². The molecule has 0 amide bonds. The number of pyridine rings is 1. The number of hydrogen-bond acceptors (Lipinski definition) is 4. The molecule has 0 aromatic carbocycles. The molecule has 16 heavy (non-hydrogen) atoms. The van der Waals surface area contributed by atoms with E-state index >= 15 is 0 Å². The minimum atomic E-state index is -0.789. The van der Waals surface area contributed by atoms with Crippen LogP contribution in [0.4, 0.5) is 5.69 Å². The molecular weight excluding hydrogens is 312 g/mol. The van der Waals surface area contributed by atoms with E-state index in [1.54, 1.807) is 24.5 Å². The molecule has 0 spiro atoms. The van der Waals surface area contributed by atoms with Crippen molar-refractivity contribution in [2.45, 2.75) is 6.10 Å². The smallest absolute Gasteiger partial charge is 0.117 e. The number of halogens is 2. The zero-order chi connectivity index (χ0) is 11.7. The molecule has 2 rings (SSSR count). The molecule has 0 aliphatic heterocycles. The van der Waals surface area contributed by atoms with Gasteiger partial charge in [0.05, 0.1) is 0 Å². The first-order valence-corrected chi connectivity index (χ1v) is 6.40. The van der Waals surface area contributed by atoms with Gasteiger partial charge in [0.1, 0.15) is 10.4 Å². The van der Waals surface area contributed by atoms with Crippen molar-refractivity contribution in [3.63, 3.8) is 0 Å². The molecule has 0 aliphatic carbocycles. The highest BCUT2D eigenvalue weighted by molar-refractivity contribution is 9.10. The van der Waals surface area contributed by atoms with Gasteiger partial charge in [-0.1, -0.05) is 11.6 Å². The molecule has 0 fully saturated rings. The van der Waals surface area contributed by atoms with Gasteiger partial charge < -0.3 is 10.8 Å². The molecule has 84 valence electrons. The number of rotatable bonds is 2. The summed E-state index contributed by atoms with van der Waals surface area (Å²) in [5.41, 5.74) is 6.87. The molecule has 3 N–H and O–H groups in total. The molecule has 2 aromatic heterocycles. The summed E-state index contributed by atoms with van der Waals surface area (Å²) in [6.07, 6.45) is 2.35. The van der Waals surface area contributed by atoms with E-state index in [9.17, 15) is 5.11 Å². The van der Waals surface area contributed by atoms with Crippen molar-refractivity contribution >= 4 is 44.6 Å². The van der Waals surface area contributed by atoms with Crippen LogP contribution in [0.25, 0.3) is 0 Å². The van der Waals surface area contributed by atoms with Crippen LogP contribution in [0, 0.1) is 0 Å². The number of nitrogens with two attached hydrogens (primary N) is 1. The molecule has 2 aromatic rings. The van der Waals surface area contributed by atoms with E-state index in [0.29, 0.717) is 15.6 Å². The molecule has 1 unspecified atom stereocenters. The van der Waals surface area contributed by atoms with Crippen LogP contribution in [0.2, 0.25) is 4.34 Å². The number of aromatic nitrogens is 1. The summed E-state index contributed by atoms with van der Waals surface area (Å²) in [5, 5.41) is 10.1. The van der Waals surface area contributed by atoms with Crippen LogP contribution in [-0.2, 0) is 0 Å². The average molecular weight is 320 g/mol. The lowest BCUT2D eigenvalue weighted by Crippen LogP contribution is -2.02. The third-order valence-corrected chi connectivity index (χ3v) is 4.64. The van der Waals surface area contributed by atoms with Gasteiger partial charge in [-0.05, 0) is 28.1 Å². The topological polar surface area (TPSA) is 59.1 Å². The number of hydrogen-bond donors (Lipinski definition) is 2. The summed E-state index contributed by atoms with van der Waals surface area (Å²) >= 11 is 10.5. The summed E-state index contributed by atoms with van der Waals surface area (Å²) in [7, 11) is 0. The van der Waals surface area contributed by atoms with Gasteiger partial charge in [-0.15, -0.1) is 11.3 Å². The molecule has 1 atom stereocenters. The van der Waals surface area contributed by atoms with E-state index in [1.807, 2.05) is 0 Å². The number of aliphatic hydroxyl groups excluding tert-OH is 1. The van der Waals surface area contributed by atoms with E-state index in [-0.39, 0.29) is 0 Å². The highest BCUT2D eigenvalue weighted by atomic mass is 79.9. The van der Waals surface area contributed by atoms with Crippen molar-refractivity contribution in [3.8, 4) is 0 Å². The van der Waals surface area contributed by atoms with Crippen molar-refractivity contribution in [2.24, 2.45) is 0 Å². The SMILES string of the molecule is Nc1ccncc1C(O)c1cc(Br)c(Cl)s1. The summed E-state index contributed by atoms with van der Waals surface area (Å²) in [5.74, 6) is 0. The van der Waals surface area contributed by atoms with Crippen LogP contribution in [0.1, 0.15) is 16.5 Å². The number of anilines is 1. The maximum absolute atomic E-state index is 10.1. The molecule has 0 radical (unpaired) electrons. The maximum atomic E-state index is 10.1. The zero-order valence-electron chi connectivity index (χ0n) is 8.02. The number of nitrogen functional groups attached to an aromatic ring is 1. The predicted molar refractivity (Wildman–Crippen MR) is 69.7 cm³/mol. The Kier molecular flexibility index (Phi) is 3.49. The van der Waals surface area contributed by atoms with Crippen LogP contribution < -0.4 is 5.73 Å². The Labute approximate surface area is 110 Å². The first-order valence-electron chi connectivity index (χ1n) is 4.41. The van der Waals surface area contributed by atoms with Crippen LogP contribution in [0.5, 0.6) is 0 Å². The molecule has 6 heteroatoms. The van der Waals surface area contributed by atoms with Gasteiger partial charge in [0.15, 0.2) is 0 Å². The Bertz CT molecular complexity index is 498. The van der Waals surface area contributed by atoms with Crippen molar-refractivity contribution in [3.05, 3.63) is 43.8 Å². The second kappa shape index (κ2) is 4.71. The van der Waals surface area contributed by atoms with E-state index in [0.717, 1.165) is 9.35 Å².